The third-order valence-corrected chi connectivity index (χ3v) is 3.65. The monoisotopic (exact) mass is 270 g/mol. The molecule has 114 valence electrons. The maximum Gasteiger partial charge on any atom is 0.128 e. The highest BCUT2D eigenvalue weighted by molar-refractivity contribution is 5.59. The van der Waals surface area contributed by atoms with E-state index >= 15 is 0 Å². The Bertz CT molecular complexity index is 201. The zero-order chi connectivity index (χ0) is 14.6. The van der Waals surface area contributed by atoms with Crippen LogP contribution in [0.15, 0.2) is 0 Å². The lowest BCUT2D eigenvalue weighted by atomic mass is 9.80. The molecule has 0 aliphatic carbocycles. The van der Waals surface area contributed by atoms with Crippen molar-refractivity contribution < 1.29 is 9.53 Å². The molecule has 0 unspecified atom stereocenters. The molecule has 0 saturated carbocycles. The van der Waals surface area contributed by atoms with E-state index in [9.17, 15) is 4.79 Å². The van der Waals surface area contributed by atoms with Gasteiger partial charge in [-0.15, -0.1) is 0 Å². The maximum atomic E-state index is 11.6. The van der Waals surface area contributed by atoms with Crippen LogP contribution in [0.2, 0.25) is 0 Å². The van der Waals surface area contributed by atoms with Crippen molar-refractivity contribution in [3.05, 3.63) is 0 Å². The van der Waals surface area contributed by atoms with E-state index in [4.69, 9.17) is 4.74 Å². The molecule has 0 bridgehead atoms. The zero-order valence-corrected chi connectivity index (χ0v) is 13.5. The van der Waals surface area contributed by atoms with Crippen molar-refractivity contribution in [3.63, 3.8) is 0 Å². The Morgan fingerprint density at radius 1 is 1.00 bits per heavy atom. The van der Waals surface area contributed by atoms with E-state index in [-0.39, 0.29) is 5.41 Å². The maximum absolute atomic E-state index is 11.6. The number of ether oxygens (including phenoxy) is 1. The van der Waals surface area contributed by atoms with Crippen LogP contribution >= 0.6 is 0 Å². The molecule has 19 heavy (non-hydrogen) atoms. The molecule has 2 nitrogen and oxygen atoms in total. The summed E-state index contributed by atoms with van der Waals surface area (Å²) in [5.41, 5.74) is -0.223. The summed E-state index contributed by atoms with van der Waals surface area (Å²) in [6, 6.07) is 0. The molecule has 0 aromatic rings. The van der Waals surface area contributed by atoms with Gasteiger partial charge >= 0.3 is 0 Å². The Labute approximate surface area is 120 Å². The van der Waals surface area contributed by atoms with Gasteiger partial charge in [-0.05, 0) is 18.8 Å². The normalized spacial score (nSPS) is 12.1. The second kappa shape index (κ2) is 11.5. The van der Waals surface area contributed by atoms with Crippen molar-refractivity contribution in [3.8, 4) is 0 Å². The highest BCUT2D eigenvalue weighted by atomic mass is 16.5. The zero-order valence-electron chi connectivity index (χ0n) is 13.5. The first-order valence-electron chi connectivity index (χ1n) is 8.14. The predicted octanol–water partition coefficient (Wildman–Crippen LogP) is 5.00. The average molecular weight is 270 g/mol. The van der Waals surface area contributed by atoms with Gasteiger partial charge < -0.3 is 9.53 Å². The molecule has 0 spiro atoms. The summed E-state index contributed by atoms with van der Waals surface area (Å²) in [6.07, 6.45) is 10.3. The summed E-state index contributed by atoms with van der Waals surface area (Å²) in [6.45, 7) is 10.1. The van der Waals surface area contributed by atoms with Crippen molar-refractivity contribution in [2.24, 2.45) is 11.3 Å². The fourth-order valence-corrected chi connectivity index (χ4v) is 2.37. The van der Waals surface area contributed by atoms with E-state index in [0.717, 1.165) is 32.3 Å². The molecule has 0 saturated heterocycles. The fraction of sp³-hybridized carbons (Fsp3) is 0.941. The molecule has 0 heterocycles. The van der Waals surface area contributed by atoms with Gasteiger partial charge in [-0.1, -0.05) is 66.2 Å². The second-order valence-corrected chi connectivity index (χ2v) is 6.30. The smallest absolute Gasteiger partial charge is 0.128 e. The number of hydrogen-bond donors (Lipinski definition) is 0. The first-order valence-corrected chi connectivity index (χ1v) is 8.14. The number of rotatable bonds is 13. The van der Waals surface area contributed by atoms with Crippen LogP contribution in [0.4, 0.5) is 0 Å². The summed E-state index contributed by atoms with van der Waals surface area (Å²) in [4.78, 5) is 11.6. The highest BCUT2D eigenvalue weighted by Crippen LogP contribution is 2.30. The number of hydrogen-bond acceptors (Lipinski definition) is 2. The molecular weight excluding hydrogens is 236 g/mol. The Hall–Kier alpha value is -0.370. The topological polar surface area (TPSA) is 26.3 Å². The molecule has 0 aromatic heterocycles. The molecule has 0 rings (SSSR count). The van der Waals surface area contributed by atoms with Crippen LogP contribution in [0.3, 0.4) is 0 Å². The third-order valence-electron chi connectivity index (χ3n) is 3.65. The largest absolute Gasteiger partial charge is 0.380 e. The lowest BCUT2D eigenvalue weighted by molar-refractivity contribution is -0.121. The first-order chi connectivity index (χ1) is 9.10. The van der Waals surface area contributed by atoms with Crippen LogP contribution in [-0.2, 0) is 9.53 Å². The summed E-state index contributed by atoms with van der Waals surface area (Å²) in [7, 11) is 0. The summed E-state index contributed by atoms with van der Waals surface area (Å²) < 4.78 is 5.78. The van der Waals surface area contributed by atoms with Crippen LogP contribution in [0, 0.1) is 11.3 Å². The van der Waals surface area contributed by atoms with Crippen LogP contribution in [-0.4, -0.2) is 19.5 Å². The molecule has 0 N–H and O–H groups in total. The second-order valence-electron chi connectivity index (χ2n) is 6.30. The molecule has 0 fully saturated rings. The Balaban J connectivity index is 4.32. The molecule has 2 heteroatoms. The Kier molecular flexibility index (Phi) is 11.2. The molecule has 0 aromatic carbocycles. The van der Waals surface area contributed by atoms with Gasteiger partial charge in [0.25, 0.3) is 0 Å². The highest BCUT2D eigenvalue weighted by Gasteiger charge is 2.29. The van der Waals surface area contributed by atoms with Crippen molar-refractivity contribution in [2.45, 2.75) is 79.1 Å². The average Bonchev–Trinajstić information content (AvgIpc) is 2.38. The molecule has 0 atom stereocenters. The fourth-order valence-electron chi connectivity index (χ4n) is 2.37. The minimum Gasteiger partial charge on any atom is -0.380 e. The number of aldehydes is 1. The van der Waals surface area contributed by atoms with E-state index < -0.39 is 0 Å². The number of unbranched alkanes of at least 4 members (excludes halogenated alkanes) is 4. The van der Waals surface area contributed by atoms with Gasteiger partial charge in [0.05, 0.1) is 6.61 Å². The molecule has 0 amide bonds. The molecular formula is C17H34O2. The molecule has 0 radical (unpaired) electrons. The minimum atomic E-state index is -0.223. The van der Waals surface area contributed by atoms with E-state index in [0.29, 0.717) is 12.5 Å². The summed E-state index contributed by atoms with van der Waals surface area (Å²) >= 11 is 0. The van der Waals surface area contributed by atoms with E-state index in [1.54, 1.807) is 0 Å². The predicted molar refractivity (Wildman–Crippen MR) is 82.4 cm³/mol. The van der Waals surface area contributed by atoms with Gasteiger partial charge in [0.2, 0.25) is 0 Å². The quantitative estimate of drug-likeness (QED) is 0.347. The summed E-state index contributed by atoms with van der Waals surface area (Å²) in [5, 5.41) is 0. The van der Waals surface area contributed by atoms with E-state index in [1.807, 2.05) is 0 Å². The van der Waals surface area contributed by atoms with Crippen molar-refractivity contribution in [2.75, 3.05) is 13.2 Å². The van der Waals surface area contributed by atoms with Gasteiger partial charge in [0.1, 0.15) is 6.29 Å². The van der Waals surface area contributed by atoms with Gasteiger partial charge in [0.15, 0.2) is 0 Å². The van der Waals surface area contributed by atoms with Gasteiger partial charge in [-0.25, -0.2) is 0 Å². The van der Waals surface area contributed by atoms with Crippen molar-refractivity contribution in [1.82, 2.24) is 0 Å². The summed E-state index contributed by atoms with van der Waals surface area (Å²) in [5.74, 6) is 0.538. The number of carbonyl (C=O) groups excluding carboxylic acids is 1. The lowest BCUT2D eigenvalue weighted by Crippen LogP contribution is -2.30. The van der Waals surface area contributed by atoms with Crippen molar-refractivity contribution in [1.29, 1.82) is 0 Å². The Morgan fingerprint density at radius 3 is 1.89 bits per heavy atom. The SMILES string of the molecule is CCCCCC(C=O)(CCCCC)COCC(C)C. The van der Waals surface area contributed by atoms with E-state index in [1.165, 1.54) is 32.0 Å². The third kappa shape index (κ3) is 9.21. The minimum absolute atomic E-state index is 0.223. The Morgan fingerprint density at radius 2 is 1.53 bits per heavy atom. The van der Waals surface area contributed by atoms with Gasteiger partial charge in [-0.2, -0.15) is 0 Å². The van der Waals surface area contributed by atoms with Crippen LogP contribution in [0.25, 0.3) is 0 Å². The van der Waals surface area contributed by atoms with Gasteiger partial charge in [-0.3, -0.25) is 0 Å². The van der Waals surface area contributed by atoms with E-state index in [2.05, 4.69) is 27.7 Å². The van der Waals surface area contributed by atoms with Crippen LogP contribution in [0.5, 0.6) is 0 Å². The van der Waals surface area contributed by atoms with Crippen LogP contribution < -0.4 is 0 Å². The lowest BCUT2D eigenvalue weighted by Gasteiger charge is -2.28. The van der Waals surface area contributed by atoms with Crippen molar-refractivity contribution >= 4 is 6.29 Å². The molecule has 0 aliphatic heterocycles. The van der Waals surface area contributed by atoms with Gasteiger partial charge in [0, 0.05) is 12.0 Å². The standard InChI is InChI=1S/C17H34O2/c1-5-7-9-11-17(14-18,12-10-8-6-2)15-19-13-16(3)4/h14,16H,5-13,15H2,1-4H3. The molecule has 0 aliphatic rings. The first kappa shape index (κ1) is 18.6. The number of carbonyl (C=O) groups is 1. The van der Waals surface area contributed by atoms with Crippen LogP contribution in [0.1, 0.15) is 79.1 Å².